The molecule has 1 aliphatic rings. The number of benzene rings is 3. The van der Waals surface area contributed by atoms with E-state index in [4.69, 9.17) is 28.6 Å². The van der Waals surface area contributed by atoms with Crippen LogP contribution in [-0.2, 0) is 11.4 Å². The Hall–Kier alpha value is -2.60. The molecule has 0 aliphatic carbocycles. The first-order valence-electron chi connectivity index (χ1n) is 9.74. The second kappa shape index (κ2) is 9.27. The Morgan fingerprint density at radius 3 is 2.55 bits per heavy atom. The lowest BCUT2D eigenvalue weighted by atomic mass is 10.1. The van der Waals surface area contributed by atoms with Gasteiger partial charge < -0.3 is 4.74 Å². The minimum Gasteiger partial charge on any atom is -0.488 e. The van der Waals surface area contributed by atoms with Gasteiger partial charge in [-0.25, -0.2) is 0 Å². The lowest BCUT2D eigenvalue weighted by molar-refractivity contribution is -0.113. The third-order valence-corrected chi connectivity index (χ3v) is 6.76. The lowest BCUT2D eigenvalue weighted by Crippen LogP contribution is -2.27. The number of amides is 1. The van der Waals surface area contributed by atoms with E-state index in [2.05, 4.69) is 0 Å². The molecule has 0 bridgehead atoms. The van der Waals surface area contributed by atoms with Gasteiger partial charge in [-0.2, -0.15) is 0 Å². The summed E-state index contributed by atoms with van der Waals surface area (Å²) in [6.45, 7) is 4.41. The fraction of sp³-hybridized carbons (Fsp3) is 0.120. The Balaban J connectivity index is 1.59. The Labute approximate surface area is 196 Å². The number of para-hydroxylation sites is 1. The zero-order chi connectivity index (χ0) is 22.0. The molecule has 1 saturated heterocycles. The molecule has 0 N–H and O–H groups in total. The van der Waals surface area contributed by atoms with Gasteiger partial charge in [-0.15, -0.1) is 0 Å². The molecule has 0 radical (unpaired) electrons. The molecule has 0 spiro atoms. The van der Waals surface area contributed by atoms with Crippen molar-refractivity contribution in [3.63, 3.8) is 0 Å². The highest BCUT2D eigenvalue weighted by Crippen LogP contribution is 2.37. The third-order valence-electron chi connectivity index (χ3n) is 5.09. The van der Waals surface area contributed by atoms with E-state index in [0.29, 0.717) is 26.6 Å². The average Bonchev–Trinajstić information content (AvgIpc) is 3.03. The standard InChI is InChI=1S/C25H20ClNO2S2/c1-16-11-12-20(13-17(16)2)27-24(28)23(31-25(27)30)14-18-7-4-6-10-22(18)29-15-19-8-3-5-9-21(19)26/h3-14H,15H2,1-2H3. The van der Waals surface area contributed by atoms with E-state index in [1.165, 1.54) is 17.3 Å². The summed E-state index contributed by atoms with van der Waals surface area (Å²) in [7, 11) is 0. The van der Waals surface area contributed by atoms with Crippen LogP contribution in [0, 0.1) is 13.8 Å². The van der Waals surface area contributed by atoms with E-state index >= 15 is 0 Å². The second-order valence-corrected chi connectivity index (χ2v) is 9.29. The first kappa shape index (κ1) is 21.6. The first-order valence-corrected chi connectivity index (χ1v) is 11.3. The van der Waals surface area contributed by atoms with E-state index in [-0.39, 0.29) is 5.91 Å². The summed E-state index contributed by atoms with van der Waals surface area (Å²) in [5, 5.41) is 0.661. The topological polar surface area (TPSA) is 29.5 Å². The van der Waals surface area contributed by atoms with E-state index in [1.807, 2.05) is 86.7 Å². The Kier molecular flexibility index (Phi) is 6.46. The van der Waals surface area contributed by atoms with Gasteiger partial charge in [0, 0.05) is 16.1 Å². The number of thiocarbonyl (C=S) groups is 1. The van der Waals surface area contributed by atoms with Crippen LogP contribution in [0.4, 0.5) is 5.69 Å². The van der Waals surface area contributed by atoms with Crippen molar-refractivity contribution in [3.8, 4) is 5.75 Å². The summed E-state index contributed by atoms with van der Waals surface area (Å²) < 4.78 is 6.54. The number of ether oxygens (including phenoxy) is 1. The van der Waals surface area contributed by atoms with E-state index < -0.39 is 0 Å². The van der Waals surface area contributed by atoms with E-state index in [0.717, 1.165) is 22.4 Å². The normalized spacial score (nSPS) is 15.1. The Bertz CT molecular complexity index is 1210. The summed E-state index contributed by atoms with van der Waals surface area (Å²) >= 11 is 13.1. The van der Waals surface area contributed by atoms with Gasteiger partial charge >= 0.3 is 0 Å². The summed E-state index contributed by atoms with van der Waals surface area (Å²) in [6.07, 6.45) is 1.84. The van der Waals surface area contributed by atoms with Crippen LogP contribution in [0.15, 0.2) is 71.6 Å². The predicted molar refractivity (Wildman–Crippen MR) is 134 cm³/mol. The van der Waals surface area contributed by atoms with Crippen molar-refractivity contribution in [2.45, 2.75) is 20.5 Å². The number of thioether (sulfide) groups is 1. The summed E-state index contributed by atoms with van der Waals surface area (Å²) in [4.78, 5) is 15.3. The molecule has 6 heteroatoms. The largest absolute Gasteiger partial charge is 0.488 e. The smallest absolute Gasteiger partial charge is 0.270 e. The van der Waals surface area contributed by atoms with Crippen LogP contribution in [0.2, 0.25) is 5.02 Å². The Morgan fingerprint density at radius 1 is 1.03 bits per heavy atom. The van der Waals surface area contributed by atoms with Gasteiger partial charge in [0.05, 0.1) is 10.6 Å². The summed E-state index contributed by atoms with van der Waals surface area (Å²) in [5.74, 6) is 0.554. The van der Waals surface area contributed by atoms with Crippen molar-refractivity contribution >= 4 is 57.6 Å². The maximum atomic E-state index is 13.1. The van der Waals surface area contributed by atoms with Crippen molar-refractivity contribution in [1.29, 1.82) is 0 Å². The average molecular weight is 466 g/mol. The predicted octanol–water partition coefficient (Wildman–Crippen LogP) is 6.94. The van der Waals surface area contributed by atoms with E-state index in [9.17, 15) is 4.79 Å². The first-order chi connectivity index (χ1) is 14.9. The minimum absolute atomic E-state index is 0.126. The second-order valence-electron chi connectivity index (χ2n) is 7.20. The van der Waals surface area contributed by atoms with Gasteiger partial charge in [-0.1, -0.05) is 78.0 Å². The van der Waals surface area contributed by atoms with Crippen molar-refractivity contribution in [1.82, 2.24) is 0 Å². The highest BCUT2D eigenvalue weighted by Gasteiger charge is 2.33. The highest BCUT2D eigenvalue weighted by atomic mass is 35.5. The van der Waals surface area contributed by atoms with Crippen LogP contribution >= 0.6 is 35.6 Å². The molecular formula is C25H20ClNO2S2. The van der Waals surface area contributed by atoms with Crippen LogP contribution in [0.25, 0.3) is 6.08 Å². The van der Waals surface area contributed by atoms with Crippen LogP contribution < -0.4 is 9.64 Å². The minimum atomic E-state index is -0.126. The maximum Gasteiger partial charge on any atom is 0.270 e. The number of carbonyl (C=O) groups is 1. The molecule has 1 fully saturated rings. The van der Waals surface area contributed by atoms with E-state index in [1.54, 1.807) is 4.90 Å². The zero-order valence-corrected chi connectivity index (χ0v) is 19.5. The highest BCUT2D eigenvalue weighted by molar-refractivity contribution is 8.27. The third kappa shape index (κ3) is 4.69. The van der Waals surface area contributed by atoms with Crippen LogP contribution in [0.3, 0.4) is 0 Å². The molecule has 1 amide bonds. The van der Waals surface area contributed by atoms with Crippen molar-refractivity contribution < 1.29 is 9.53 Å². The van der Waals surface area contributed by atoms with Gasteiger partial charge in [0.25, 0.3) is 5.91 Å². The van der Waals surface area contributed by atoms with Crippen molar-refractivity contribution in [2.24, 2.45) is 0 Å². The van der Waals surface area contributed by atoms with Gasteiger partial charge in [-0.05, 0) is 55.3 Å². The van der Waals surface area contributed by atoms with Crippen LogP contribution in [0.1, 0.15) is 22.3 Å². The van der Waals surface area contributed by atoms with Gasteiger partial charge in [-0.3, -0.25) is 9.69 Å². The number of hydrogen-bond donors (Lipinski definition) is 0. The van der Waals surface area contributed by atoms with Gasteiger partial charge in [0.15, 0.2) is 4.32 Å². The molecule has 1 aliphatic heterocycles. The number of nitrogens with zero attached hydrogens (tertiary/aromatic N) is 1. The molecule has 0 atom stereocenters. The number of aryl methyl sites for hydroxylation is 2. The van der Waals surface area contributed by atoms with Crippen molar-refractivity contribution in [2.75, 3.05) is 4.90 Å². The molecule has 3 nitrogen and oxygen atoms in total. The molecular weight excluding hydrogens is 446 g/mol. The number of hydrogen-bond acceptors (Lipinski definition) is 4. The molecule has 3 aromatic rings. The molecule has 0 unspecified atom stereocenters. The maximum absolute atomic E-state index is 13.1. The summed E-state index contributed by atoms with van der Waals surface area (Å²) in [6, 6.07) is 21.1. The molecule has 0 saturated carbocycles. The number of anilines is 1. The lowest BCUT2D eigenvalue weighted by Gasteiger charge is -2.16. The fourth-order valence-electron chi connectivity index (χ4n) is 3.20. The van der Waals surface area contributed by atoms with Crippen molar-refractivity contribution in [3.05, 3.63) is 98.9 Å². The zero-order valence-electron chi connectivity index (χ0n) is 17.1. The molecule has 4 rings (SSSR count). The molecule has 1 heterocycles. The van der Waals surface area contributed by atoms with Gasteiger partial charge in [0.2, 0.25) is 0 Å². The number of halogens is 1. The molecule has 156 valence electrons. The number of carbonyl (C=O) groups excluding carboxylic acids is 1. The molecule has 0 aromatic heterocycles. The SMILES string of the molecule is Cc1ccc(N2C(=O)C(=Cc3ccccc3OCc3ccccc3Cl)SC2=S)cc1C. The number of rotatable bonds is 5. The monoisotopic (exact) mass is 465 g/mol. The van der Waals surface area contributed by atoms with Crippen LogP contribution in [-0.4, -0.2) is 10.2 Å². The quantitative estimate of drug-likeness (QED) is 0.301. The summed E-state index contributed by atoms with van der Waals surface area (Å²) in [5.41, 5.74) is 4.80. The molecule has 3 aromatic carbocycles. The van der Waals surface area contributed by atoms with Gasteiger partial charge in [0.1, 0.15) is 12.4 Å². The molecule has 31 heavy (non-hydrogen) atoms. The fourth-order valence-corrected chi connectivity index (χ4v) is 4.68. The Morgan fingerprint density at radius 2 is 1.77 bits per heavy atom. The van der Waals surface area contributed by atoms with Crippen LogP contribution in [0.5, 0.6) is 5.75 Å².